The van der Waals surface area contributed by atoms with Gasteiger partial charge in [-0.3, -0.25) is 0 Å². The first-order valence-corrected chi connectivity index (χ1v) is 19.6. The maximum atomic E-state index is 12.2. The number of benzene rings is 2. The minimum atomic E-state index is -1.15. The van der Waals surface area contributed by atoms with Gasteiger partial charge in [-0.25, -0.2) is 9.59 Å². The topological polar surface area (TPSA) is 178 Å². The normalized spacial score (nSPS) is 20.6. The van der Waals surface area contributed by atoms with Gasteiger partial charge in [0.1, 0.15) is 35.9 Å². The first-order chi connectivity index (χ1) is 22.6. The molecule has 48 heavy (non-hydrogen) atoms. The number of carbonyl (C=O) groups is 2. The number of carboxylic acids is 1. The van der Waals surface area contributed by atoms with Gasteiger partial charge in [-0.2, -0.15) is 0 Å². The van der Waals surface area contributed by atoms with Gasteiger partial charge in [0.15, 0.2) is 5.75 Å². The summed E-state index contributed by atoms with van der Waals surface area (Å²) < 4.78 is 19.8. The van der Waals surface area contributed by atoms with Crippen molar-refractivity contribution in [1.82, 2.24) is 10.6 Å². The molecule has 0 aromatic heterocycles. The first kappa shape index (κ1) is 41.2. The molecule has 2 aromatic carbocycles. The SMILES string of the molecule is CC(C)(C)OC(=O)NC(Cc1cc(I)c(Oc2ccc(OCC(O)CNC3CCCCCC(N)CC(N)CC3)c(I)c2)c(I)c1)C(=O)O. The molecule has 1 aliphatic carbocycles. The van der Waals surface area contributed by atoms with Gasteiger partial charge < -0.3 is 46.5 Å². The van der Waals surface area contributed by atoms with Gasteiger partial charge in [-0.1, -0.05) is 19.3 Å². The molecule has 0 radical (unpaired) electrons. The molecule has 0 spiro atoms. The van der Waals surface area contributed by atoms with Crippen molar-refractivity contribution in [2.45, 2.75) is 114 Å². The van der Waals surface area contributed by atoms with Crippen molar-refractivity contribution in [3.8, 4) is 17.2 Å². The summed E-state index contributed by atoms with van der Waals surface area (Å²) in [7, 11) is 0. The minimum absolute atomic E-state index is 0.0795. The average Bonchev–Trinajstić information content (AvgIpc) is 3.01. The van der Waals surface area contributed by atoms with Crippen LogP contribution in [0.3, 0.4) is 0 Å². The van der Waals surface area contributed by atoms with Crippen molar-refractivity contribution in [3.63, 3.8) is 0 Å². The number of nitrogens with one attached hydrogen (secondary N) is 2. The Kier molecular flexibility index (Phi) is 17.2. The quantitative estimate of drug-likeness (QED) is 0.132. The highest BCUT2D eigenvalue weighted by molar-refractivity contribution is 14.1. The number of carboxylic acid groups (broad SMARTS) is 1. The van der Waals surface area contributed by atoms with E-state index in [4.69, 9.17) is 25.7 Å². The van der Waals surface area contributed by atoms with Crippen LogP contribution < -0.4 is 31.6 Å². The summed E-state index contributed by atoms with van der Waals surface area (Å²) in [5, 5.41) is 26.3. The van der Waals surface area contributed by atoms with Gasteiger partial charge in [0.25, 0.3) is 0 Å². The molecule has 1 fully saturated rings. The Bertz CT molecular complexity index is 1340. The molecule has 1 amide bonds. The fourth-order valence-electron chi connectivity index (χ4n) is 5.40. The lowest BCUT2D eigenvalue weighted by Crippen LogP contribution is -2.44. The Labute approximate surface area is 324 Å². The number of alkyl carbamates (subject to hydrolysis) is 1. The maximum absolute atomic E-state index is 12.2. The van der Waals surface area contributed by atoms with Crippen molar-refractivity contribution in [1.29, 1.82) is 0 Å². The summed E-state index contributed by atoms with van der Waals surface area (Å²) in [5.41, 5.74) is 12.5. The Morgan fingerprint density at radius 1 is 0.958 bits per heavy atom. The Morgan fingerprint density at radius 3 is 2.27 bits per heavy atom. The molecular formula is C34H49I3N4O7. The van der Waals surface area contributed by atoms with E-state index in [-0.39, 0.29) is 25.1 Å². The molecule has 2 aromatic rings. The fraction of sp³-hybridized carbons (Fsp3) is 0.588. The smallest absolute Gasteiger partial charge is 0.408 e. The van der Waals surface area contributed by atoms with Gasteiger partial charge in [0.2, 0.25) is 0 Å². The number of hydrogen-bond donors (Lipinski definition) is 6. The standard InChI is InChI=1S/C34H49I3N4O7/c1-34(2,3)48-33(45)41-29(32(43)44)15-20-13-27(36)31(28(37)14-20)47-25-11-12-30(26(35)17-25)46-19-24(42)18-40-23-8-6-4-5-7-21(38)16-22(39)9-10-23/h11-14,17,21-24,29,40,42H,4-10,15-16,18-19,38-39H2,1-3H3,(H,41,45)(H,43,44). The molecule has 8 N–H and O–H groups in total. The predicted octanol–water partition coefficient (Wildman–Crippen LogP) is 6.30. The molecule has 3 rings (SSSR count). The fourth-order valence-corrected chi connectivity index (χ4v) is 8.16. The van der Waals surface area contributed by atoms with Crippen LogP contribution in [-0.4, -0.2) is 71.3 Å². The zero-order chi connectivity index (χ0) is 35.4. The van der Waals surface area contributed by atoms with E-state index in [9.17, 15) is 19.8 Å². The summed E-state index contributed by atoms with van der Waals surface area (Å²) in [6.07, 6.45) is 6.91. The zero-order valence-electron chi connectivity index (χ0n) is 27.8. The number of ether oxygens (including phenoxy) is 3. The van der Waals surface area contributed by atoms with Crippen LogP contribution in [-0.2, 0) is 16.0 Å². The lowest BCUT2D eigenvalue weighted by molar-refractivity contribution is -0.139. The number of rotatable bonds is 12. The number of amides is 1. The molecule has 5 unspecified atom stereocenters. The number of aliphatic hydroxyl groups excluding tert-OH is 1. The predicted molar refractivity (Wildman–Crippen MR) is 212 cm³/mol. The van der Waals surface area contributed by atoms with Crippen LogP contribution >= 0.6 is 67.8 Å². The van der Waals surface area contributed by atoms with Crippen LogP contribution in [0, 0.1) is 10.7 Å². The van der Waals surface area contributed by atoms with Gasteiger partial charge in [0.05, 0.1) is 10.7 Å². The number of hydrogen-bond acceptors (Lipinski definition) is 9. The van der Waals surface area contributed by atoms with Crippen LogP contribution in [0.1, 0.15) is 77.7 Å². The van der Waals surface area contributed by atoms with E-state index < -0.39 is 29.8 Å². The minimum Gasteiger partial charge on any atom is -0.490 e. The van der Waals surface area contributed by atoms with Crippen molar-refractivity contribution in [3.05, 3.63) is 46.6 Å². The third kappa shape index (κ3) is 15.0. The van der Waals surface area contributed by atoms with Crippen molar-refractivity contribution >= 4 is 79.8 Å². The molecule has 268 valence electrons. The Balaban J connectivity index is 1.54. The van der Waals surface area contributed by atoms with Crippen LogP contribution in [0.15, 0.2) is 30.3 Å². The van der Waals surface area contributed by atoms with Gasteiger partial charge in [-0.05, 0) is 157 Å². The molecule has 0 aliphatic heterocycles. The molecule has 1 saturated carbocycles. The van der Waals surface area contributed by atoms with Gasteiger partial charge in [0, 0.05) is 31.1 Å². The van der Waals surface area contributed by atoms with E-state index in [0.29, 0.717) is 29.8 Å². The molecule has 0 heterocycles. The lowest BCUT2D eigenvalue weighted by atomic mass is 9.98. The first-order valence-electron chi connectivity index (χ1n) is 16.3. The van der Waals surface area contributed by atoms with Crippen LogP contribution in [0.2, 0.25) is 0 Å². The van der Waals surface area contributed by atoms with Crippen molar-refractivity contribution in [2.24, 2.45) is 11.5 Å². The van der Waals surface area contributed by atoms with E-state index in [1.54, 1.807) is 20.8 Å². The highest BCUT2D eigenvalue weighted by Crippen LogP contribution is 2.35. The molecule has 5 atom stereocenters. The molecule has 11 nitrogen and oxygen atoms in total. The van der Waals surface area contributed by atoms with E-state index in [0.717, 1.165) is 67.6 Å². The van der Waals surface area contributed by atoms with E-state index in [1.165, 1.54) is 0 Å². The van der Waals surface area contributed by atoms with Crippen LogP contribution in [0.4, 0.5) is 4.79 Å². The zero-order valence-corrected chi connectivity index (χ0v) is 34.2. The molecular weight excluding hydrogens is 957 g/mol. The highest BCUT2D eigenvalue weighted by atomic mass is 127. The average molecular weight is 1010 g/mol. The monoisotopic (exact) mass is 1010 g/mol. The molecule has 1 aliphatic rings. The molecule has 14 heteroatoms. The van der Waals surface area contributed by atoms with E-state index in [1.807, 2.05) is 30.3 Å². The number of nitrogens with two attached hydrogens (primary N) is 2. The largest absolute Gasteiger partial charge is 0.490 e. The third-order valence-electron chi connectivity index (χ3n) is 7.80. The van der Waals surface area contributed by atoms with Gasteiger partial charge in [-0.15, -0.1) is 0 Å². The number of aliphatic hydroxyl groups is 1. The van der Waals surface area contributed by atoms with Crippen molar-refractivity contribution < 1.29 is 34.0 Å². The third-order valence-corrected chi connectivity index (χ3v) is 10.2. The summed E-state index contributed by atoms with van der Waals surface area (Å²) >= 11 is 6.50. The number of aliphatic carboxylic acids is 1. The van der Waals surface area contributed by atoms with Crippen molar-refractivity contribution in [2.75, 3.05) is 13.2 Å². The second-order valence-corrected chi connectivity index (χ2v) is 16.9. The number of halogens is 3. The van der Waals surface area contributed by atoms with Gasteiger partial charge >= 0.3 is 12.1 Å². The second-order valence-electron chi connectivity index (χ2n) is 13.4. The summed E-state index contributed by atoms with van der Waals surface area (Å²) in [5.74, 6) is 0.742. The summed E-state index contributed by atoms with van der Waals surface area (Å²) in [6.45, 7) is 5.74. The van der Waals surface area contributed by atoms with E-state index >= 15 is 0 Å². The van der Waals surface area contributed by atoms with E-state index in [2.05, 4.69) is 78.4 Å². The second kappa shape index (κ2) is 20.0. The maximum Gasteiger partial charge on any atom is 0.408 e. The summed E-state index contributed by atoms with van der Waals surface area (Å²) in [6, 6.07) is 8.64. The molecule has 0 saturated heterocycles. The lowest BCUT2D eigenvalue weighted by Gasteiger charge is -2.23. The number of carbonyl (C=O) groups excluding carboxylic acids is 1. The van der Waals surface area contributed by atoms with Crippen LogP contribution in [0.25, 0.3) is 0 Å². The van der Waals surface area contributed by atoms with Crippen LogP contribution in [0.5, 0.6) is 17.2 Å². The Hall–Kier alpha value is -1.19. The Morgan fingerprint density at radius 2 is 1.62 bits per heavy atom. The summed E-state index contributed by atoms with van der Waals surface area (Å²) in [4.78, 5) is 24.0. The molecule has 0 bridgehead atoms. The highest BCUT2D eigenvalue weighted by Gasteiger charge is 2.25.